The topological polar surface area (TPSA) is 114 Å². The molecule has 3 N–H and O–H groups in total. The molecule has 0 bridgehead atoms. The molecule has 0 aromatic carbocycles. The molecule has 0 unspecified atom stereocenters. The van der Waals surface area contributed by atoms with Crippen molar-refractivity contribution in [3.8, 4) is 5.75 Å². The van der Waals surface area contributed by atoms with Gasteiger partial charge in [-0.3, -0.25) is 9.78 Å². The van der Waals surface area contributed by atoms with Gasteiger partial charge in [0.15, 0.2) is 0 Å². The van der Waals surface area contributed by atoms with Crippen molar-refractivity contribution in [2.75, 3.05) is 24.3 Å². The summed E-state index contributed by atoms with van der Waals surface area (Å²) in [6.45, 7) is -0.0452. The molecule has 9 heteroatoms. The first-order valence-corrected chi connectivity index (χ1v) is 8.23. The summed E-state index contributed by atoms with van der Waals surface area (Å²) < 4.78 is 28.3. The molecule has 138 valence electrons. The number of nitrogens with zero attached hydrogens (tertiary/aromatic N) is 4. The smallest absolute Gasteiger partial charge is 0.304 e. The number of halogens is 1. The van der Waals surface area contributed by atoms with E-state index < -0.39 is 18.7 Å². The highest BCUT2D eigenvalue weighted by atomic mass is 35.5. The maximum Gasteiger partial charge on any atom is 0.304 e. The maximum atomic E-state index is 11.3. The third-order valence-corrected chi connectivity index (χ3v) is 4.67. The molecule has 0 fully saturated rings. The van der Waals surface area contributed by atoms with Gasteiger partial charge in [-0.1, -0.05) is 11.6 Å². The predicted octanol–water partition coefficient (Wildman–Crippen LogP) is 2.31. The van der Waals surface area contributed by atoms with Crippen LogP contribution < -0.4 is 15.4 Å². The maximum absolute atomic E-state index is 11.3. The van der Waals surface area contributed by atoms with Crippen molar-refractivity contribution in [2.45, 2.75) is 32.7 Å². The Balaban J connectivity index is 2.01. The molecule has 0 radical (unpaired) electrons. The number of carbonyl (C=O) groups is 1. The standard InChI is InChI=1S/C17H20ClN5O3/c1-8-5-20-11(9(2)14(8)26-3)7-23-6-10(4-12(24)25)13-15(18)21-17(19)22-16(13)23/h5,10H,4,6-7H2,1-3H3,(H,24,25)(H2,19,21,22)/t10-/m0/s1/i1D3. The first-order chi connectivity index (χ1) is 13.5. The van der Waals surface area contributed by atoms with Crippen LogP contribution in [0.25, 0.3) is 0 Å². The van der Waals surface area contributed by atoms with E-state index in [0.29, 0.717) is 29.2 Å². The Morgan fingerprint density at radius 2 is 2.35 bits per heavy atom. The van der Waals surface area contributed by atoms with Crippen molar-refractivity contribution < 1.29 is 18.8 Å². The summed E-state index contributed by atoms with van der Waals surface area (Å²) >= 11 is 6.22. The molecule has 26 heavy (non-hydrogen) atoms. The van der Waals surface area contributed by atoms with Crippen molar-refractivity contribution >= 4 is 29.3 Å². The van der Waals surface area contributed by atoms with Crippen LogP contribution >= 0.6 is 11.6 Å². The molecular weight excluding hydrogens is 358 g/mol. The van der Waals surface area contributed by atoms with Crippen molar-refractivity contribution in [2.24, 2.45) is 0 Å². The predicted molar refractivity (Wildman–Crippen MR) is 97.8 cm³/mol. The molecule has 0 amide bonds. The fraction of sp³-hybridized carbons (Fsp3) is 0.412. The van der Waals surface area contributed by atoms with E-state index >= 15 is 0 Å². The van der Waals surface area contributed by atoms with Gasteiger partial charge in [0.1, 0.15) is 16.7 Å². The molecule has 3 rings (SSSR count). The van der Waals surface area contributed by atoms with Gasteiger partial charge in [-0.05, 0) is 13.8 Å². The van der Waals surface area contributed by atoms with Crippen molar-refractivity contribution in [3.05, 3.63) is 33.7 Å². The zero-order valence-corrected chi connectivity index (χ0v) is 15.0. The fourth-order valence-corrected chi connectivity index (χ4v) is 3.56. The number of rotatable bonds is 5. The van der Waals surface area contributed by atoms with Crippen LogP contribution in [0.1, 0.15) is 38.8 Å². The summed E-state index contributed by atoms with van der Waals surface area (Å²) in [5.74, 6) is -0.687. The lowest BCUT2D eigenvalue weighted by Gasteiger charge is -2.21. The molecule has 3 heterocycles. The minimum atomic E-state index is -2.36. The molecule has 2 aromatic heterocycles. The first kappa shape index (κ1) is 14.5. The number of aryl methyl sites for hydroxylation is 1. The van der Waals surface area contributed by atoms with E-state index in [-0.39, 0.29) is 35.4 Å². The average molecular weight is 381 g/mol. The number of nitrogens with two attached hydrogens (primary N) is 1. The van der Waals surface area contributed by atoms with Crippen LogP contribution in [0.3, 0.4) is 0 Å². The van der Waals surface area contributed by atoms with Gasteiger partial charge in [0.2, 0.25) is 5.95 Å². The molecule has 0 aliphatic carbocycles. The monoisotopic (exact) mass is 380 g/mol. The molecule has 0 spiro atoms. The van der Waals surface area contributed by atoms with Gasteiger partial charge >= 0.3 is 5.97 Å². The molecule has 8 nitrogen and oxygen atoms in total. The number of anilines is 2. The highest BCUT2D eigenvalue weighted by molar-refractivity contribution is 6.30. The van der Waals surface area contributed by atoms with Crippen molar-refractivity contribution in [1.29, 1.82) is 0 Å². The quantitative estimate of drug-likeness (QED) is 0.759. The van der Waals surface area contributed by atoms with Crippen LogP contribution in [0.4, 0.5) is 11.8 Å². The number of hydrogen-bond acceptors (Lipinski definition) is 7. The van der Waals surface area contributed by atoms with Crippen LogP contribution in [-0.4, -0.2) is 39.7 Å². The van der Waals surface area contributed by atoms with Crippen molar-refractivity contribution in [1.82, 2.24) is 15.0 Å². The van der Waals surface area contributed by atoms with E-state index in [1.807, 2.05) is 4.90 Å². The number of hydrogen-bond donors (Lipinski definition) is 2. The van der Waals surface area contributed by atoms with Crippen LogP contribution in [0.2, 0.25) is 5.15 Å². The summed E-state index contributed by atoms with van der Waals surface area (Å²) in [7, 11) is 1.41. The van der Waals surface area contributed by atoms with E-state index in [1.54, 1.807) is 6.92 Å². The summed E-state index contributed by atoms with van der Waals surface area (Å²) in [6, 6.07) is 0. The van der Waals surface area contributed by atoms with Crippen LogP contribution in [0, 0.1) is 13.8 Å². The number of fused-ring (bicyclic) bond motifs is 1. The highest BCUT2D eigenvalue weighted by Crippen LogP contribution is 2.41. The Hall–Kier alpha value is -2.61. The minimum absolute atomic E-state index is 0.0188. The summed E-state index contributed by atoms with van der Waals surface area (Å²) in [5, 5.41) is 9.36. The van der Waals surface area contributed by atoms with Gasteiger partial charge in [0, 0.05) is 39.5 Å². The Morgan fingerprint density at radius 3 is 3.00 bits per heavy atom. The van der Waals surface area contributed by atoms with E-state index in [4.69, 9.17) is 26.2 Å². The van der Waals surface area contributed by atoms with Gasteiger partial charge in [0.05, 0.1) is 25.8 Å². The second-order valence-electron chi connectivity index (χ2n) is 6.06. The van der Waals surface area contributed by atoms with Gasteiger partial charge < -0.3 is 20.5 Å². The zero-order valence-electron chi connectivity index (χ0n) is 17.3. The number of methoxy groups -OCH3 is 1. The van der Waals surface area contributed by atoms with E-state index in [0.717, 1.165) is 0 Å². The second-order valence-corrected chi connectivity index (χ2v) is 6.42. The lowest BCUT2D eigenvalue weighted by Crippen LogP contribution is -2.24. The SMILES string of the molecule is [2H]C([2H])([2H])c1cnc(CN2C[C@H](CC(=O)O)c3c(Cl)nc(N)nc32)c(C)c1OC. The molecule has 0 saturated carbocycles. The molecule has 0 saturated heterocycles. The Labute approximate surface area is 160 Å². The Morgan fingerprint density at radius 1 is 1.58 bits per heavy atom. The molecule has 1 aliphatic heterocycles. The lowest BCUT2D eigenvalue weighted by atomic mass is 10.0. The number of nitrogen functional groups attached to an aromatic ring is 1. The number of carboxylic acids is 1. The summed E-state index contributed by atoms with van der Waals surface area (Å²) in [4.78, 5) is 25.6. The largest absolute Gasteiger partial charge is 0.496 e. The van der Waals surface area contributed by atoms with E-state index in [1.165, 1.54) is 13.3 Å². The number of ether oxygens (including phenoxy) is 1. The van der Waals surface area contributed by atoms with Gasteiger partial charge in [-0.15, -0.1) is 0 Å². The summed E-state index contributed by atoms with van der Waals surface area (Å²) in [6.07, 6.45) is 1.14. The first-order valence-electron chi connectivity index (χ1n) is 9.35. The lowest BCUT2D eigenvalue weighted by molar-refractivity contribution is -0.137. The molecule has 1 aliphatic rings. The van der Waals surface area contributed by atoms with Gasteiger partial charge in [-0.2, -0.15) is 4.98 Å². The Kier molecular flexibility index (Phi) is 3.89. The third-order valence-electron chi connectivity index (χ3n) is 4.38. The van der Waals surface area contributed by atoms with Crippen LogP contribution in [0.5, 0.6) is 5.75 Å². The number of aromatic nitrogens is 3. The van der Waals surface area contributed by atoms with Gasteiger partial charge in [0.25, 0.3) is 0 Å². The van der Waals surface area contributed by atoms with Gasteiger partial charge in [-0.25, -0.2) is 4.98 Å². The molecule has 1 atom stereocenters. The Bertz CT molecular complexity index is 970. The molecule has 2 aromatic rings. The van der Waals surface area contributed by atoms with E-state index in [2.05, 4.69) is 15.0 Å². The van der Waals surface area contributed by atoms with Crippen LogP contribution in [-0.2, 0) is 11.3 Å². The second kappa shape index (κ2) is 6.95. The summed E-state index contributed by atoms with van der Waals surface area (Å²) in [5.41, 5.74) is 7.45. The van der Waals surface area contributed by atoms with Crippen molar-refractivity contribution in [3.63, 3.8) is 0 Å². The number of carboxylic acid groups (broad SMARTS) is 1. The number of aliphatic carboxylic acids is 1. The average Bonchev–Trinajstić information content (AvgIpc) is 2.92. The highest BCUT2D eigenvalue weighted by Gasteiger charge is 2.35. The number of pyridine rings is 1. The minimum Gasteiger partial charge on any atom is -0.496 e. The normalized spacial score (nSPS) is 18.0. The van der Waals surface area contributed by atoms with E-state index in [9.17, 15) is 9.90 Å². The zero-order chi connectivity index (χ0) is 21.5. The third kappa shape index (κ3) is 3.24. The fourth-order valence-electron chi connectivity index (χ4n) is 3.23. The van der Waals surface area contributed by atoms with Crippen LogP contribution in [0.15, 0.2) is 6.20 Å². The molecular formula is C17H20ClN5O3.